The second kappa shape index (κ2) is 6.36. The smallest absolute Gasteiger partial charge is 0.307 e. The molecule has 0 amide bonds. The molecule has 1 N–H and O–H groups in total. The highest BCUT2D eigenvalue weighted by Crippen LogP contribution is 2.26. The van der Waals surface area contributed by atoms with Crippen LogP contribution in [0, 0.1) is 5.41 Å². The maximum Gasteiger partial charge on any atom is 0.307 e. The molecule has 1 saturated heterocycles. The molecule has 0 aliphatic carbocycles. The molecule has 1 heterocycles. The highest BCUT2D eigenvalue weighted by molar-refractivity contribution is 5.69. The second-order valence-corrected chi connectivity index (χ2v) is 5.51. The van der Waals surface area contributed by atoms with Gasteiger partial charge in [0.25, 0.3) is 0 Å². The van der Waals surface area contributed by atoms with Gasteiger partial charge in [-0.15, -0.1) is 0 Å². The molecular formula is C13H26N2O2. The Balaban J connectivity index is 2.35. The number of nitrogens with zero attached hydrogens (tertiary/aromatic N) is 1. The van der Waals surface area contributed by atoms with Gasteiger partial charge in [-0.2, -0.15) is 0 Å². The quantitative estimate of drug-likeness (QED) is 0.712. The van der Waals surface area contributed by atoms with Crippen LogP contribution in [0.25, 0.3) is 0 Å². The summed E-state index contributed by atoms with van der Waals surface area (Å²) in [7, 11) is 2.09. The molecular weight excluding hydrogens is 216 g/mol. The lowest BCUT2D eigenvalue weighted by Crippen LogP contribution is -2.40. The molecule has 4 nitrogen and oxygen atoms in total. The van der Waals surface area contributed by atoms with Gasteiger partial charge in [-0.05, 0) is 39.3 Å². The van der Waals surface area contributed by atoms with Crippen molar-refractivity contribution in [2.24, 2.45) is 5.41 Å². The Morgan fingerprint density at radius 3 is 2.82 bits per heavy atom. The van der Waals surface area contributed by atoms with E-state index in [1.165, 1.54) is 6.42 Å². The normalized spacial score (nSPS) is 26.2. The first kappa shape index (κ1) is 14.5. The van der Waals surface area contributed by atoms with Crippen LogP contribution >= 0.6 is 0 Å². The Labute approximate surface area is 105 Å². The lowest BCUT2D eigenvalue weighted by molar-refractivity contribution is -0.144. The minimum absolute atomic E-state index is 0.0958. The summed E-state index contributed by atoms with van der Waals surface area (Å²) in [6.07, 6.45) is 1.69. The zero-order valence-electron chi connectivity index (χ0n) is 11.6. The maximum atomic E-state index is 11.4. The molecule has 1 fully saturated rings. The minimum atomic E-state index is -0.0958. The van der Waals surface area contributed by atoms with Crippen molar-refractivity contribution in [2.75, 3.05) is 33.3 Å². The van der Waals surface area contributed by atoms with Crippen molar-refractivity contribution in [3.8, 4) is 0 Å². The molecule has 2 unspecified atom stereocenters. The summed E-state index contributed by atoms with van der Waals surface area (Å²) < 4.78 is 4.98. The van der Waals surface area contributed by atoms with Gasteiger partial charge in [0, 0.05) is 19.1 Å². The van der Waals surface area contributed by atoms with Crippen LogP contribution in [0.2, 0.25) is 0 Å². The molecule has 0 bridgehead atoms. The van der Waals surface area contributed by atoms with E-state index in [0.717, 1.165) is 19.6 Å². The Morgan fingerprint density at radius 1 is 1.59 bits per heavy atom. The lowest BCUT2D eigenvalue weighted by atomic mass is 9.89. The van der Waals surface area contributed by atoms with Crippen LogP contribution in [-0.2, 0) is 9.53 Å². The van der Waals surface area contributed by atoms with Crippen molar-refractivity contribution in [2.45, 2.75) is 39.7 Å². The summed E-state index contributed by atoms with van der Waals surface area (Å²) >= 11 is 0. The largest absolute Gasteiger partial charge is 0.466 e. The Bertz CT molecular complexity index is 250. The van der Waals surface area contributed by atoms with Crippen molar-refractivity contribution in [3.05, 3.63) is 0 Å². The topological polar surface area (TPSA) is 41.6 Å². The minimum Gasteiger partial charge on any atom is -0.466 e. The number of rotatable bonds is 6. The molecule has 2 atom stereocenters. The third-order valence-electron chi connectivity index (χ3n) is 3.61. The van der Waals surface area contributed by atoms with Gasteiger partial charge < -0.3 is 15.0 Å². The average molecular weight is 242 g/mol. The van der Waals surface area contributed by atoms with E-state index < -0.39 is 0 Å². The maximum absolute atomic E-state index is 11.4. The zero-order chi connectivity index (χ0) is 12.9. The third kappa shape index (κ3) is 4.64. The van der Waals surface area contributed by atoms with Gasteiger partial charge in [0.1, 0.15) is 0 Å². The predicted molar refractivity (Wildman–Crippen MR) is 68.9 cm³/mol. The van der Waals surface area contributed by atoms with Gasteiger partial charge in [-0.3, -0.25) is 4.79 Å². The third-order valence-corrected chi connectivity index (χ3v) is 3.61. The molecule has 1 aliphatic heterocycles. The van der Waals surface area contributed by atoms with Crippen LogP contribution in [0.5, 0.6) is 0 Å². The lowest BCUT2D eigenvalue weighted by Gasteiger charge is -2.32. The van der Waals surface area contributed by atoms with E-state index in [4.69, 9.17) is 4.74 Å². The standard InChI is InChI=1S/C13H26N2O2/c1-5-17-12(16)8-11(2)15(4)10-13(3)6-7-14-9-13/h11,14H,5-10H2,1-4H3. The zero-order valence-corrected chi connectivity index (χ0v) is 11.6. The van der Waals surface area contributed by atoms with Crippen LogP contribution in [-0.4, -0.2) is 50.2 Å². The van der Waals surface area contributed by atoms with Crippen molar-refractivity contribution < 1.29 is 9.53 Å². The van der Waals surface area contributed by atoms with Crippen molar-refractivity contribution in [1.29, 1.82) is 0 Å². The van der Waals surface area contributed by atoms with Gasteiger partial charge in [0.15, 0.2) is 0 Å². The summed E-state index contributed by atoms with van der Waals surface area (Å²) in [4.78, 5) is 13.7. The van der Waals surface area contributed by atoms with Gasteiger partial charge in [-0.1, -0.05) is 6.92 Å². The Hall–Kier alpha value is -0.610. The first-order valence-electron chi connectivity index (χ1n) is 6.53. The van der Waals surface area contributed by atoms with Gasteiger partial charge in [-0.25, -0.2) is 0 Å². The number of esters is 1. The second-order valence-electron chi connectivity index (χ2n) is 5.51. The van der Waals surface area contributed by atoms with Crippen LogP contribution in [0.3, 0.4) is 0 Å². The SMILES string of the molecule is CCOC(=O)CC(C)N(C)CC1(C)CCNC1. The van der Waals surface area contributed by atoms with Crippen LogP contribution in [0.1, 0.15) is 33.6 Å². The molecule has 0 aromatic carbocycles. The van der Waals surface area contributed by atoms with Gasteiger partial charge in [0.05, 0.1) is 13.0 Å². The summed E-state index contributed by atoms with van der Waals surface area (Å²) in [6.45, 7) is 9.91. The molecule has 0 spiro atoms. The number of ether oxygens (including phenoxy) is 1. The summed E-state index contributed by atoms with van der Waals surface area (Å²) in [6, 6.07) is 0.242. The first-order valence-corrected chi connectivity index (χ1v) is 6.53. The van der Waals surface area contributed by atoms with Crippen molar-refractivity contribution >= 4 is 5.97 Å². The van der Waals surface area contributed by atoms with E-state index >= 15 is 0 Å². The number of hydrogen-bond acceptors (Lipinski definition) is 4. The summed E-state index contributed by atoms with van der Waals surface area (Å²) in [5.74, 6) is -0.0958. The summed E-state index contributed by atoms with van der Waals surface area (Å²) in [5.41, 5.74) is 0.345. The van der Waals surface area contributed by atoms with Gasteiger partial charge in [0.2, 0.25) is 0 Å². The van der Waals surface area contributed by atoms with E-state index in [9.17, 15) is 4.79 Å². The van der Waals surface area contributed by atoms with E-state index in [0.29, 0.717) is 18.4 Å². The number of carbonyl (C=O) groups is 1. The molecule has 1 rings (SSSR count). The van der Waals surface area contributed by atoms with Gasteiger partial charge >= 0.3 is 5.97 Å². The molecule has 4 heteroatoms. The van der Waals surface area contributed by atoms with Crippen LogP contribution < -0.4 is 5.32 Å². The molecule has 17 heavy (non-hydrogen) atoms. The molecule has 0 aromatic heterocycles. The monoisotopic (exact) mass is 242 g/mol. The molecule has 100 valence electrons. The highest BCUT2D eigenvalue weighted by atomic mass is 16.5. The van der Waals surface area contributed by atoms with E-state index in [2.05, 4.69) is 31.1 Å². The first-order chi connectivity index (χ1) is 7.97. The highest BCUT2D eigenvalue weighted by Gasteiger charge is 2.31. The van der Waals surface area contributed by atoms with Crippen molar-refractivity contribution in [3.63, 3.8) is 0 Å². The fourth-order valence-electron chi connectivity index (χ4n) is 2.38. The number of carbonyl (C=O) groups excluding carboxylic acids is 1. The fourth-order valence-corrected chi connectivity index (χ4v) is 2.38. The van der Waals surface area contributed by atoms with Crippen LogP contribution in [0.15, 0.2) is 0 Å². The Morgan fingerprint density at radius 2 is 2.29 bits per heavy atom. The molecule has 0 saturated carbocycles. The van der Waals surface area contributed by atoms with E-state index in [1.54, 1.807) is 0 Å². The Kier molecular flexibility index (Phi) is 5.40. The average Bonchev–Trinajstić information content (AvgIpc) is 2.65. The number of hydrogen-bond donors (Lipinski definition) is 1. The fraction of sp³-hybridized carbons (Fsp3) is 0.923. The predicted octanol–water partition coefficient (Wildman–Crippen LogP) is 1.26. The van der Waals surface area contributed by atoms with E-state index in [1.807, 2.05) is 6.92 Å². The molecule has 0 aromatic rings. The number of nitrogens with one attached hydrogen (secondary N) is 1. The molecule has 0 radical (unpaired) electrons. The molecule has 1 aliphatic rings. The summed E-state index contributed by atoms with van der Waals surface area (Å²) in [5, 5.41) is 3.40. The van der Waals surface area contributed by atoms with Crippen LogP contribution in [0.4, 0.5) is 0 Å². The van der Waals surface area contributed by atoms with Crippen molar-refractivity contribution in [1.82, 2.24) is 10.2 Å². The van der Waals surface area contributed by atoms with E-state index in [-0.39, 0.29) is 12.0 Å².